The van der Waals surface area contributed by atoms with Crippen molar-refractivity contribution in [1.29, 1.82) is 0 Å². The molecule has 10 N–H and O–H groups in total. The lowest BCUT2D eigenvalue weighted by Gasteiger charge is -2.18. The Balaban J connectivity index is 4.42. The van der Waals surface area contributed by atoms with Crippen LogP contribution in [0.3, 0.4) is 0 Å². The quantitative estimate of drug-likeness (QED) is 0.160. The summed E-state index contributed by atoms with van der Waals surface area (Å²) >= 11 is 0. The van der Waals surface area contributed by atoms with Crippen molar-refractivity contribution in [2.45, 2.75) is 50.7 Å². The van der Waals surface area contributed by atoms with Crippen LogP contribution in [0, 0.1) is 0 Å². The number of rotatable bonds is 13. The molecule has 13 heteroatoms. The van der Waals surface area contributed by atoms with Gasteiger partial charge in [-0.15, -0.1) is 0 Å². The van der Waals surface area contributed by atoms with E-state index >= 15 is 0 Å². The van der Waals surface area contributed by atoms with Gasteiger partial charge in [-0.2, -0.15) is 0 Å². The van der Waals surface area contributed by atoms with Crippen LogP contribution >= 0.6 is 0 Å². The minimum absolute atomic E-state index is 0.0173. The summed E-state index contributed by atoms with van der Waals surface area (Å²) in [5.41, 5.74) is 15.4. The fourth-order valence-corrected chi connectivity index (χ4v) is 1.93. The lowest BCUT2D eigenvalue weighted by Crippen LogP contribution is -2.52. The molecule has 0 saturated carbocycles. The van der Waals surface area contributed by atoms with Gasteiger partial charge < -0.3 is 38.3 Å². The van der Waals surface area contributed by atoms with Gasteiger partial charge in [-0.25, -0.2) is 4.79 Å². The van der Waals surface area contributed by atoms with Crippen LogP contribution in [0.15, 0.2) is 0 Å². The number of nitrogens with two attached hydrogens (primary N) is 3. The predicted molar refractivity (Wildman–Crippen MR) is 95.0 cm³/mol. The van der Waals surface area contributed by atoms with Crippen molar-refractivity contribution >= 4 is 35.5 Å². The van der Waals surface area contributed by atoms with Crippen molar-refractivity contribution < 1.29 is 33.9 Å². The van der Waals surface area contributed by atoms with Gasteiger partial charge in [0.15, 0.2) is 0 Å². The molecule has 5 amide bonds. The summed E-state index contributed by atoms with van der Waals surface area (Å²) in [4.78, 5) is 67.9. The molecular weight excluding hydrogens is 376 g/mol. The Morgan fingerprint density at radius 3 is 1.93 bits per heavy atom. The highest BCUT2D eigenvalue weighted by Gasteiger charge is 2.24. The minimum atomic E-state index is -1.36. The third-order valence-corrected chi connectivity index (χ3v) is 3.53. The van der Waals surface area contributed by atoms with E-state index in [9.17, 15) is 28.8 Å². The Kier molecular flexibility index (Phi) is 10.8. The van der Waals surface area contributed by atoms with Crippen LogP contribution in [0.1, 0.15) is 32.6 Å². The van der Waals surface area contributed by atoms with Crippen LogP contribution in [-0.2, 0) is 28.8 Å². The van der Waals surface area contributed by atoms with Gasteiger partial charge in [0, 0.05) is 12.8 Å². The third-order valence-electron chi connectivity index (χ3n) is 3.53. The Morgan fingerprint density at radius 2 is 1.43 bits per heavy atom. The Labute approximate surface area is 160 Å². The molecule has 28 heavy (non-hydrogen) atoms. The molecule has 0 heterocycles. The number of carbonyl (C=O) groups excluding carboxylic acids is 5. The largest absolute Gasteiger partial charge is 0.480 e. The van der Waals surface area contributed by atoms with E-state index in [4.69, 9.17) is 22.3 Å². The Morgan fingerprint density at radius 1 is 0.893 bits per heavy atom. The first-order chi connectivity index (χ1) is 12.9. The second kappa shape index (κ2) is 12.2. The van der Waals surface area contributed by atoms with Crippen LogP contribution in [0.2, 0.25) is 0 Å². The monoisotopic (exact) mass is 402 g/mol. The summed E-state index contributed by atoms with van der Waals surface area (Å²) in [6.45, 7) is 0.825. The van der Waals surface area contributed by atoms with Crippen LogP contribution in [0.5, 0.6) is 0 Å². The second-order valence-corrected chi connectivity index (χ2v) is 6.02. The molecule has 0 aliphatic heterocycles. The summed E-state index contributed by atoms with van der Waals surface area (Å²) in [6.07, 6.45) is -0.502. The normalized spacial score (nSPS) is 13.5. The smallest absolute Gasteiger partial charge is 0.326 e. The highest BCUT2D eigenvalue weighted by molar-refractivity contribution is 5.92. The summed E-state index contributed by atoms with van der Waals surface area (Å²) in [5.74, 6) is -4.88. The second-order valence-electron chi connectivity index (χ2n) is 6.02. The van der Waals surface area contributed by atoms with Crippen molar-refractivity contribution in [2.24, 2.45) is 17.2 Å². The van der Waals surface area contributed by atoms with Gasteiger partial charge in [0.05, 0.1) is 12.6 Å². The molecule has 0 saturated heterocycles. The van der Waals surface area contributed by atoms with Gasteiger partial charge in [0.25, 0.3) is 0 Å². The van der Waals surface area contributed by atoms with Gasteiger partial charge in [-0.05, 0) is 19.8 Å². The molecule has 0 aromatic carbocycles. The molecule has 0 aromatic heterocycles. The summed E-state index contributed by atoms with van der Waals surface area (Å²) in [5, 5.41) is 15.7. The van der Waals surface area contributed by atoms with E-state index in [2.05, 4.69) is 16.0 Å². The van der Waals surface area contributed by atoms with Crippen LogP contribution in [0.25, 0.3) is 0 Å². The first kappa shape index (κ1) is 24.8. The van der Waals surface area contributed by atoms with Crippen LogP contribution < -0.4 is 33.2 Å². The molecule has 0 radical (unpaired) electrons. The standard InChI is InChI=1S/C15H26N6O7/c1-7(13(25)21-9(15(27)28)3-5-11(18)23)20-12(24)6-19-14(26)8(16)2-4-10(17)22/h7-9H,2-6,16H2,1H3,(H2,17,22)(H2,18,23)(H,19,26)(H,20,24)(H,21,25)(H,27,28). The van der Waals surface area contributed by atoms with Crippen LogP contribution in [-0.4, -0.2) is 65.3 Å². The lowest BCUT2D eigenvalue weighted by atomic mass is 10.1. The molecule has 0 rings (SSSR count). The molecule has 0 aromatic rings. The van der Waals surface area contributed by atoms with E-state index in [1.54, 1.807) is 0 Å². The first-order valence-corrected chi connectivity index (χ1v) is 8.36. The van der Waals surface area contributed by atoms with E-state index in [-0.39, 0.29) is 25.7 Å². The maximum atomic E-state index is 12.0. The van der Waals surface area contributed by atoms with Gasteiger partial charge in [-0.3, -0.25) is 24.0 Å². The zero-order chi connectivity index (χ0) is 21.9. The van der Waals surface area contributed by atoms with Crippen molar-refractivity contribution in [2.75, 3.05) is 6.54 Å². The van der Waals surface area contributed by atoms with Gasteiger partial charge in [-0.1, -0.05) is 0 Å². The molecule has 158 valence electrons. The van der Waals surface area contributed by atoms with Gasteiger partial charge in [0.1, 0.15) is 12.1 Å². The highest BCUT2D eigenvalue weighted by Crippen LogP contribution is 1.98. The molecular formula is C15H26N6O7. The van der Waals surface area contributed by atoms with Crippen molar-refractivity contribution in [3.8, 4) is 0 Å². The summed E-state index contributed by atoms with van der Waals surface area (Å²) < 4.78 is 0. The first-order valence-electron chi connectivity index (χ1n) is 8.36. The molecule has 3 atom stereocenters. The maximum Gasteiger partial charge on any atom is 0.326 e. The van der Waals surface area contributed by atoms with E-state index in [0.29, 0.717) is 0 Å². The number of aliphatic carboxylic acids is 1. The third kappa shape index (κ3) is 10.7. The lowest BCUT2D eigenvalue weighted by molar-refractivity contribution is -0.142. The average Bonchev–Trinajstić information content (AvgIpc) is 2.60. The zero-order valence-corrected chi connectivity index (χ0v) is 15.4. The fraction of sp³-hybridized carbons (Fsp3) is 0.600. The Bertz CT molecular complexity index is 624. The molecule has 0 bridgehead atoms. The van der Waals surface area contributed by atoms with Crippen molar-refractivity contribution in [3.63, 3.8) is 0 Å². The minimum Gasteiger partial charge on any atom is -0.480 e. The van der Waals surface area contributed by atoms with E-state index in [1.807, 2.05) is 0 Å². The fourth-order valence-electron chi connectivity index (χ4n) is 1.93. The van der Waals surface area contributed by atoms with E-state index in [0.717, 1.165) is 0 Å². The molecule has 13 nitrogen and oxygen atoms in total. The number of carboxylic acids is 1. The van der Waals surface area contributed by atoms with Crippen molar-refractivity contribution in [1.82, 2.24) is 16.0 Å². The van der Waals surface area contributed by atoms with E-state index < -0.39 is 60.2 Å². The number of hydrogen-bond donors (Lipinski definition) is 7. The average molecular weight is 402 g/mol. The molecule has 0 aliphatic rings. The summed E-state index contributed by atoms with van der Waals surface area (Å²) in [6, 6.07) is -3.48. The molecule has 0 spiro atoms. The number of nitrogens with one attached hydrogen (secondary N) is 3. The van der Waals surface area contributed by atoms with E-state index in [1.165, 1.54) is 6.92 Å². The highest BCUT2D eigenvalue weighted by atomic mass is 16.4. The van der Waals surface area contributed by atoms with Crippen molar-refractivity contribution in [3.05, 3.63) is 0 Å². The number of carboxylic acid groups (broad SMARTS) is 1. The predicted octanol–water partition coefficient (Wildman–Crippen LogP) is -3.96. The number of primary amides is 2. The van der Waals surface area contributed by atoms with Gasteiger partial charge >= 0.3 is 5.97 Å². The molecule has 3 unspecified atom stereocenters. The number of carbonyl (C=O) groups is 6. The number of amides is 5. The number of hydrogen-bond acceptors (Lipinski definition) is 7. The molecule has 0 aliphatic carbocycles. The SMILES string of the molecule is CC(NC(=O)CNC(=O)C(N)CCC(N)=O)C(=O)NC(CCC(N)=O)C(=O)O. The topological polar surface area (TPSA) is 237 Å². The van der Waals surface area contributed by atoms with Crippen LogP contribution in [0.4, 0.5) is 0 Å². The molecule has 0 fully saturated rings. The summed E-state index contributed by atoms with van der Waals surface area (Å²) in [7, 11) is 0. The zero-order valence-electron chi connectivity index (χ0n) is 15.4. The Hall–Kier alpha value is -3.22. The maximum absolute atomic E-state index is 12.0. The van der Waals surface area contributed by atoms with Gasteiger partial charge in [0.2, 0.25) is 29.5 Å².